The first-order chi connectivity index (χ1) is 10.8. The second-order valence-electron chi connectivity index (χ2n) is 4.91. The van der Waals surface area contributed by atoms with Gasteiger partial charge in [-0.15, -0.1) is 0 Å². The quantitative estimate of drug-likeness (QED) is 0.648. The Balaban J connectivity index is 2.23. The first-order valence-electron chi connectivity index (χ1n) is 7.12. The molecular formula is C19H18O3. The zero-order chi connectivity index (χ0) is 15.4. The number of hydrogen-bond acceptors (Lipinski definition) is 3. The third-order valence-electron chi connectivity index (χ3n) is 3.60. The Morgan fingerprint density at radius 1 is 0.727 bits per heavy atom. The van der Waals surface area contributed by atoms with Crippen LogP contribution in [0.2, 0.25) is 0 Å². The van der Waals surface area contributed by atoms with Crippen LogP contribution < -0.4 is 9.47 Å². The van der Waals surface area contributed by atoms with Crippen molar-refractivity contribution in [1.29, 1.82) is 0 Å². The highest BCUT2D eigenvalue weighted by Gasteiger charge is 2.12. The van der Waals surface area contributed by atoms with Crippen molar-refractivity contribution in [3.05, 3.63) is 60.7 Å². The summed E-state index contributed by atoms with van der Waals surface area (Å²) in [4.78, 5) is 0. The van der Waals surface area contributed by atoms with Gasteiger partial charge in [0.05, 0.1) is 7.11 Å². The van der Waals surface area contributed by atoms with E-state index in [4.69, 9.17) is 14.2 Å². The molecule has 0 aliphatic heterocycles. The lowest BCUT2D eigenvalue weighted by Crippen LogP contribution is -2.00. The Hall–Kier alpha value is -2.52. The highest BCUT2D eigenvalue weighted by atomic mass is 16.7. The minimum absolute atomic E-state index is 0.221. The average molecular weight is 294 g/mol. The third-order valence-corrected chi connectivity index (χ3v) is 3.60. The molecule has 0 fully saturated rings. The molecule has 0 unspecified atom stereocenters. The van der Waals surface area contributed by atoms with Gasteiger partial charge in [0.1, 0.15) is 11.5 Å². The molecule has 0 spiro atoms. The van der Waals surface area contributed by atoms with Crippen molar-refractivity contribution >= 4 is 10.8 Å². The Morgan fingerprint density at radius 3 is 2.18 bits per heavy atom. The van der Waals surface area contributed by atoms with Crippen LogP contribution in [0.25, 0.3) is 21.9 Å². The van der Waals surface area contributed by atoms with Crippen molar-refractivity contribution in [3.8, 4) is 22.6 Å². The van der Waals surface area contributed by atoms with E-state index in [2.05, 4.69) is 18.2 Å². The van der Waals surface area contributed by atoms with Gasteiger partial charge in [0.25, 0.3) is 0 Å². The molecule has 22 heavy (non-hydrogen) atoms. The number of methoxy groups -OCH3 is 2. The van der Waals surface area contributed by atoms with E-state index in [9.17, 15) is 0 Å². The molecule has 0 heterocycles. The number of hydrogen-bond donors (Lipinski definition) is 0. The lowest BCUT2D eigenvalue weighted by atomic mass is 9.97. The first-order valence-corrected chi connectivity index (χ1v) is 7.12. The molecule has 0 aliphatic rings. The van der Waals surface area contributed by atoms with Gasteiger partial charge in [-0.25, -0.2) is 0 Å². The number of ether oxygens (including phenoxy) is 3. The van der Waals surface area contributed by atoms with Gasteiger partial charge in [-0.3, -0.25) is 0 Å². The average Bonchev–Trinajstić information content (AvgIpc) is 2.59. The van der Waals surface area contributed by atoms with Gasteiger partial charge in [-0.05, 0) is 23.1 Å². The number of rotatable bonds is 5. The minimum atomic E-state index is 0.221. The summed E-state index contributed by atoms with van der Waals surface area (Å²) in [6, 6.07) is 20.2. The molecule has 0 N–H and O–H groups in total. The molecule has 3 nitrogen and oxygen atoms in total. The Bertz CT molecular complexity index is 775. The van der Waals surface area contributed by atoms with Gasteiger partial charge in [0, 0.05) is 18.1 Å². The topological polar surface area (TPSA) is 27.7 Å². The smallest absolute Gasteiger partial charge is 0.188 e. The number of para-hydroxylation sites is 1. The second-order valence-corrected chi connectivity index (χ2v) is 4.91. The van der Waals surface area contributed by atoms with Crippen LogP contribution in [0.15, 0.2) is 60.7 Å². The molecule has 0 aromatic heterocycles. The van der Waals surface area contributed by atoms with Gasteiger partial charge < -0.3 is 14.2 Å². The van der Waals surface area contributed by atoms with E-state index >= 15 is 0 Å². The fraction of sp³-hybridized carbons (Fsp3) is 0.158. The molecule has 0 atom stereocenters. The third kappa shape index (κ3) is 2.63. The van der Waals surface area contributed by atoms with Crippen molar-refractivity contribution in [3.63, 3.8) is 0 Å². The predicted octanol–water partition coefficient (Wildman–Crippen LogP) is 4.50. The maximum absolute atomic E-state index is 5.70. The van der Waals surface area contributed by atoms with Crippen molar-refractivity contribution in [1.82, 2.24) is 0 Å². The fourth-order valence-corrected chi connectivity index (χ4v) is 2.64. The summed E-state index contributed by atoms with van der Waals surface area (Å²) in [5.41, 5.74) is 2.11. The van der Waals surface area contributed by atoms with E-state index in [1.54, 1.807) is 14.2 Å². The highest BCUT2D eigenvalue weighted by Crippen LogP contribution is 2.39. The normalized spacial score (nSPS) is 10.6. The predicted molar refractivity (Wildman–Crippen MR) is 88.4 cm³/mol. The summed E-state index contributed by atoms with van der Waals surface area (Å²) in [5.74, 6) is 1.65. The molecule has 3 aromatic rings. The van der Waals surface area contributed by atoms with E-state index in [1.807, 2.05) is 42.5 Å². The Labute approximate surface area is 130 Å². The lowest BCUT2D eigenvalue weighted by molar-refractivity contribution is 0.0515. The van der Waals surface area contributed by atoms with Crippen LogP contribution in [0.4, 0.5) is 0 Å². The molecule has 0 bridgehead atoms. The van der Waals surface area contributed by atoms with Gasteiger partial charge in [0.2, 0.25) is 0 Å². The fourth-order valence-electron chi connectivity index (χ4n) is 2.64. The zero-order valence-corrected chi connectivity index (χ0v) is 12.7. The molecule has 0 aliphatic carbocycles. The van der Waals surface area contributed by atoms with Gasteiger partial charge in [-0.2, -0.15) is 0 Å². The first kappa shape index (κ1) is 14.4. The van der Waals surface area contributed by atoms with Crippen LogP contribution in [-0.4, -0.2) is 21.0 Å². The summed E-state index contributed by atoms with van der Waals surface area (Å²) < 4.78 is 16.3. The minimum Gasteiger partial charge on any atom is -0.496 e. The van der Waals surface area contributed by atoms with Crippen molar-refractivity contribution in [2.45, 2.75) is 0 Å². The Morgan fingerprint density at radius 2 is 1.41 bits per heavy atom. The van der Waals surface area contributed by atoms with E-state index in [1.165, 1.54) is 0 Å². The van der Waals surface area contributed by atoms with Crippen LogP contribution in [-0.2, 0) is 4.74 Å². The molecular weight excluding hydrogens is 276 g/mol. The molecule has 3 rings (SSSR count). The van der Waals surface area contributed by atoms with Crippen LogP contribution in [0.3, 0.4) is 0 Å². The molecule has 0 amide bonds. The number of fused-ring (bicyclic) bond motifs is 1. The summed E-state index contributed by atoms with van der Waals surface area (Å²) in [6.07, 6.45) is 0. The van der Waals surface area contributed by atoms with Crippen molar-refractivity contribution < 1.29 is 14.2 Å². The van der Waals surface area contributed by atoms with Gasteiger partial charge in [0.15, 0.2) is 6.79 Å². The highest BCUT2D eigenvalue weighted by molar-refractivity contribution is 6.02. The van der Waals surface area contributed by atoms with Crippen molar-refractivity contribution in [2.24, 2.45) is 0 Å². The molecule has 0 saturated heterocycles. The van der Waals surface area contributed by atoms with Crippen LogP contribution in [0.1, 0.15) is 0 Å². The SMILES string of the molecule is COCOc1ccccc1-c1cccc2cccc(OC)c12. The number of benzene rings is 3. The second kappa shape index (κ2) is 6.50. The van der Waals surface area contributed by atoms with Gasteiger partial charge >= 0.3 is 0 Å². The largest absolute Gasteiger partial charge is 0.496 e. The van der Waals surface area contributed by atoms with Gasteiger partial charge in [-0.1, -0.05) is 48.5 Å². The summed E-state index contributed by atoms with van der Waals surface area (Å²) >= 11 is 0. The standard InChI is InChI=1S/C19H18O3/c1-20-13-22-17-11-4-3-9-15(17)16-10-5-7-14-8-6-12-18(21-2)19(14)16/h3-12H,13H2,1-2H3. The maximum atomic E-state index is 5.70. The van der Waals surface area contributed by atoms with E-state index in [0.717, 1.165) is 33.4 Å². The van der Waals surface area contributed by atoms with Crippen LogP contribution in [0.5, 0.6) is 11.5 Å². The Kier molecular flexibility index (Phi) is 4.26. The van der Waals surface area contributed by atoms with Crippen LogP contribution in [0, 0.1) is 0 Å². The molecule has 3 heteroatoms. The molecule has 112 valence electrons. The summed E-state index contributed by atoms with van der Waals surface area (Å²) in [6.45, 7) is 0.221. The van der Waals surface area contributed by atoms with Crippen LogP contribution >= 0.6 is 0 Å². The zero-order valence-electron chi connectivity index (χ0n) is 12.7. The van der Waals surface area contributed by atoms with Crippen molar-refractivity contribution in [2.75, 3.05) is 21.0 Å². The molecule has 3 aromatic carbocycles. The molecule has 0 radical (unpaired) electrons. The summed E-state index contributed by atoms with van der Waals surface area (Å²) in [5, 5.41) is 2.22. The monoisotopic (exact) mass is 294 g/mol. The van der Waals surface area contributed by atoms with E-state index in [-0.39, 0.29) is 6.79 Å². The van der Waals surface area contributed by atoms with E-state index in [0.29, 0.717) is 0 Å². The van der Waals surface area contributed by atoms with E-state index < -0.39 is 0 Å². The summed E-state index contributed by atoms with van der Waals surface area (Å²) in [7, 11) is 3.31. The lowest BCUT2D eigenvalue weighted by Gasteiger charge is -2.14. The maximum Gasteiger partial charge on any atom is 0.188 e. The molecule has 0 saturated carbocycles.